The van der Waals surface area contributed by atoms with Crippen LogP contribution in [-0.4, -0.2) is 26.9 Å². The molecule has 132 valence electrons. The fraction of sp³-hybridized carbons (Fsp3) is 0.333. The van der Waals surface area contributed by atoms with Crippen LogP contribution < -0.4 is 15.6 Å². The summed E-state index contributed by atoms with van der Waals surface area (Å²) in [5.74, 6) is 0. The zero-order valence-electron chi connectivity index (χ0n) is 14.7. The molecule has 0 amide bonds. The summed E-state index contributed by atoms with van der Waals surface area (Å²) in [6.45, 7) is 6.50. The summed E-state index contributed by atoms with van der Waals surface area (Å²) in [5, 5.41) is 10.7. The summed E-state index contributed by atoms with van der Waals surface area (Å²) >= 11 is 0. The molecule has 2 aromatic heterocycles. The minimum atomic E-state index is -0.0298. The highest BCUT2D eigenvalue weighted by molar-refractivity contribution is 6.08. The third kappa shape index (κ3) is 5.27. The maximum absolute atomic E-state index is 11.7. The van der Waals surface area contributed by atoms with Gasteiger partial charge in [0.1, 0.15) is 0 Å². The van der Waals surface area contributed by atoms with Gasteiger partial charge in [-0.1, -0.05) is 6.92 Å². The lowest BCUT2D eigenvalue weighted by molar-refractivity contribution is 0.222. The molecule has 0 atom stereocenters. The third-order valence-corrected chi connectivity index (χ3v) is 3.30. The summed E-state index contributed by atoms with van der Waals surface area (Å²) in [7, 11) is 0. The van der Waals surface area contributed by atoms with E-state index >= 15 is 0 Å². The first-order chi connectivity index (χ1) is 12.0. The van der Waals surface area contributed by atoms with Gasteiger partial charge in [0, 0.05) is 54.8 Å². The standard InChI is InChI=1S/C18H23N5O2/c1-4-7-23-12-16(5-6-17(23)24)20-9-14(8-19)15-10-21-18(22-11-15)25-13(2)3/h5-6,8-13,19-20H,4,7H2,1-3H3/b14-9+,19-8?. The van der Waals surface area contributed by atoms with Crippen molar-refractivity contribution < 1.29 is 4.74 Å². The molecule has 7 heteroatoms. The Bertz CT molecular complexity index is 794. The molecule has 7 nitrogen and oxygen atoms in total. The van der Waals surface area contributed by atoms with E-state index in [1.807, 2.05) is 20.8 Å². The Labute approximate surface area is 146 Å². The van der Waals surface area contributed by atoms with Crippen LogP contribution in [0.1, 0.15) is 32.8 Å². The zero-order valence-corrected chi connectivity index (χ0v) is 14.7. The van der Waals surface area contributed by atoms with Gasteiger partial charge < -0.3 is 20.0 Å². The first-order valence-electron chi connectivity index (χ1n) is 8.20. The molecule has 0 radical (unpaired) electrons. The van der Waals surface area contributed by atoms with Gasteiger partial charge in [0.15, 0.2) is 0 Å². The summed E-state index contributed by atoms with van der Waals surface area (Å²) in [6.07, 6.45) is 8.78. The molecule has 0 unspecified atom stereocenters. The van der Waals surface area contributed by atoms with Crippen molar-refractivity contribution in [2.75, 3.05) is 5.32 Å². The molecule has 2 rings (SSSR count). The number of hydrogen-bond donors (Lipinski definition) is 2. The molecule has 0 bridgehead atoms. The van der Waals surface area contributed by atoms with Crippen molar-refractivity contribution in [1.29, 1.82) is 5.41 Å². The predicted octanol–water partition coefficient (Wildman–Crippen LogP) is 2.94. The highest BCUT2D eigenvalue weighted by atomic mass is 16.5. The fourth-order valence-corrected chi connectivity index (χ4v) is 2.14. The summed E-state index contributed by atoms with van der Waals surface area (Å²) in [6, 6.07) is 3.54. The van der Waals surface area contributed by atoms with Crippen molar-refractivity contribution in [3.05, 3.63) is 52.8 Å². The van der Waals surface area contributed by atoms with E-state index in [0.29, 0.717) is 23.7 Å². The van der Waals surface area contributed by atoms with Crippen molar-refractivity contribution >= 4 is 17.5 Å². The Morgan fingerprint density at radius 2 is 2.08 bits per heavy atom. The van der Waals surface area contributed by atoms with Crippen LogP contribution in [0.4, 0.5) is 5.69 Å². The molecule has 25 heavy (non-hydrogen) atoms. The fourth-order valence-electron chi connectivity index (χ4n) is 2.14. The maximum Gasteiger partial charge on any atom is 0.316 e. The Morgan fingerprint density at radius 3 is 2.68 bits per heavy atom. The van der Waals surface area contributed by atoms with Gasteiger partial charge in [0.2, 0.25) is 0 Å². The molecular weight excluding hydrogens is 318 g/mol. The summed E-state index contributed by atoms with van der Waals surface area (Å²) in [4.78, 5) is 20.0. The van der Waals surface area contributed by atoms with E-state index in [1.54, 1.807) is 35.4 Å². The lowest BCUT2D eigenvalue weighted by atomic mass is 10.2. The molecule has 2 aromatic rings. The van der Waals surface area contributed by atoms with Crippen LogP contribution in [0.3, 0.4) is 0 Å². The first-order valence-corrected chi connectivity index (χ1v) is 8.20. The molecule has 2 heterocycles. The van der Waals surface area contributed by atoms with Crippen molar-refractivity contribution in [3.8, 4) is 6.01 Å². The number of ether oxygens (including phenoxy) is 1. The largest absolute Gasteiger partial charge is 0.461 e. The normalized spacial score (nSPS) is 11.4. The second-order valence-corrected chi connectivity index (χ2v) is 5.76. The molecule has 0 aliphatic carbocycles. The van der Waals surface area contributed by atoms with E-state index in [9.17, 15) is 4.79 Å². The minimum Gasteiger partial charge on any atom is -0.461 e. The van der Waals surface area contributed by atoms with Crippen molar-refractivity contribution in [3.63, 3.8) is 0 Å². The van der Waals surface area contributed by atoms with Crippen LogP contribution in [-0.2, 0) is 6.54 Å². The second-order valence-electron chi connectivity index (χ2n) is 5.76. The van der Waals surface area contributed by atoms with Gasteiger partial charge in [0.05, 0.1) is 11.8 Å². The van der Waals surface area contributed by atoms with Gasteiger partial charge in [-0.2, -0.15) is 0 Å². The highest BCUT2D eigenvalue weighted by Gasteiger charge is 2.04. The molecule has 0 aromatic carbocycles. The third-order valence-electron chi connectivity index (χ3n) is 3.30. The molecule has 0 aliphatic heterocycles. The van der Waals surface area contributed by atoms with Crippen molar-refractivity contribution in [2.45, 2.75) is 39.8 Å². The van der Waals surface area contributed by atoms with E-state index in [2.05, 4.69) is 15.3 Å². The van der Waals surface area contributed by atoms with Crippen LogP contribution in [0.15, 0.2) is 41.7 Å². The topological polar surface area (TPSA) is 92.9 Å². The summed E-state index contributed by atoms with van der Waals surface area (Å²) < 4.78 is 7.07. The van der Waals surface area contributed by atoms with Crippen molar-refractivity contribution in [2.24, 2.45) is 0 Å². The number of pyridine rings is 1. The SMILES string of the molecule is CCCn1cc(N/C=C(\C=N)c2cnc(OC(C)C)nc2)ccc1=O. The van der Waals surface area contributed by atoms with Crippen LogP contribution in [0.5, 0.6) is 6.01 Å². The average Bonchev–Trinajstić information content (AvgIpc) is 2.59. The van der Waals surface area contributed by atoms with E-state index in [4.69, 9.17) is 10.1 Å². The Hall–Kier alpha value is -2.96. The average molecular weight is 341 g/mol. The van der Waals surface area contributed by atoms with Crippen molar-refractivity contribution in [1.82, 2.24) is 14.5 Å². The van der Waals surface area contributed by atoms with Gasteiger partial charge in [-0.3, -0.25) is 4.79 Å². The number of nitrogens with one attached hydrogen (secondary N) is 2. The van der Waals surface area contributed by atoms with E-state index < -0.39 is 0 Å². The van der Waals surface area contributed by atoms with Crippen LogP contribution in [0, 0.1) is 5.41 Å². The molecule has 0 spiro atoms. The van der Waals surface area contributed by atoms with Gasteiger partial charge in [-0.15, -0.1) is 0 Å². The van der Waals surface area contributed by atoms with E-state index in [1.165, 1.54) is 12.3 Å². The van der Waals surface area contributed by atoms with Gasteiger partial charge in [-0.25, -0.2) is 9.97 Å². The zero-order chi connectivity index (χ0) is 18.2. The molecule has 0 saturated carbocycles. The molecular formula is C18H23N5O2. The number of aryl methyl sites for hydroxylation is 1. The molecule has 0 aliphatic rings. The monoisotopic (exact) mass is 341 g/mol. The first kappa shape index (κ1) is 18.4. The van der Waals surface area contributed by atoms with Crippen LogP contribution in [0.25, 0.3) is 5.57 Å². The number of anilines is 1. The molecule has 2 N–H and O–H groups in total. The van der Waals surface area contributed by atoms with Gasteiger partial charge in [-0.05, 0) is 26.3 Å². The van der Waals surface area contributed by atoms with E-state index in [0.717, 1.165) is 12.1 Å². The Morgan fingerprint density at radius 1 is 1.36 bits per heavy atom. The molecule has 0 saturated heterocycles. The number of nitrogens with zero attached hydrogens (tertiary/aromatic N) is 3. The number of hydrogen-bond acceptors (Lipinski definition) is 6. The Balaban J connectivity index is 2.16. The Kier molecular flexibility index (Phi) is 6.45. The van der Waals surface area contributed by atoms with E-state index in [-0.39, 0.29) is 11.7 Å². The summed E-state index contributed by atoms with van der Waals surface area (Å²) in [5.41, 5.74) is 2.05. The van der Waals surface area contributed by atoms with Crippen LogP contribution in [0.2, 0.25) is 0 Å². The lowest BCUT2D eigenvalue weighted by Gasteiger charge is -2.09. The molecule has 0 fully saturated rings. The number of rotatable bonds is 8. The maximum atomic E-state index is 11.7. The minimum absolute atomic E-state index is 0.00377. The van der Waals surface area contributed by atoms with Crippen LogP contribution >= 0.6 is 0 Å². The number of aromatic nitrogens is 3. The predicted molar refractivity (Wildman–Crippen MR) is 99.2 cm³/mol. The van der Waals surface area contributed by atoms with Gasteiger partial charge >= 0.3 is 6.01 Å². The quantitative estimate of drug-likeness (QED) is 0.720. The highest BCUT2D eigenvalue weighted by Crippen LogP contribution is 2.14. The second kappa shape index (κ2) is 8.77. The van der Waals surface area contributed by atoms with Gasteiger partial charge in [0.25, 0.3) is 5.56 Å². The number of allylic oxidation sites excluding steroid dienone is 1. The lowest BCUT2D eigenvalue weighted by Crippen LogP contribution is -2.18. The smallest absolute Gasteiger partial charge is 0.316 e.